The summed E-state index contributed by atoms with van der Waals surface area (Å²) in [6.07, 6.45) is 2.09. The number of benzene rings is 2. The average Bonchev–Trinajstić information content (AvgIpc) is 2.96. The smallest absolute Gasteiger partial charge is 0.171 e. The molecule has 1 aliphatic rings. The van der Waals surface area contributed by atoms with Crippen LogP contribution in [-0.2, 0) is 5.54 Å². The summed E-state index contributed by atoms with van der Waals surface area (Å²) in [4.78, 5) is 12.7. The average molecular weight is 366 g/mol. The second-order valence-corrected chi connectivity index (χ2v) is 8.16. The Kier molecular flexibility index (Phi) is 5.24. The second-order valence-electron chi connectivity index (χ2n) is 7.39. The predicted octanol–water partition coefficient (Wildman–Crippen LogP) is 5.18. The second kappa shape index (κ2) is 7.28. The van der Waals surface area contributed by atoms with Crippen LogP contribution in [0.5, 0.6) is 0 Å². The first-order valence-electron chi connectivity index (χ1n) is 9.05. The number of nitrogens with zero attached hydrogens (tertiary/aromatic N) is 3. The fraction of sp³-hybridized carbons (Fsp3) is 0.364. The highest BCUT2D eigenvalue weighted by Gasteiger charge is 2.48. The van der Waals surface area contributed by atoms with Gasteiger partial charge >= 0.3 is 0 Å². The molecule has 1 heterocycles. The third-order valence-corrected chi connectivity index (χ3v) is 5.07. The summed E-state index contributed by atoms with van der Waals surface area (Å²) in [5.41, 5.74) is 1.50. The molecule has 4 heteroatoms. The number of hydrogen-bond acceptors (Lipinski definition) is 3. The van der Waals surface area contributed by atoms with Crippen LogP contribution >= 0.6 is 11.8 Å². The number of aliphatic imine (C=N–C) groups is 2. The Labute approximate surface area is 161 Å². The van der Waals surface area contributed by atoms with Crippen LogP contribution < -0.4 is 0 Å². The lowest BCUT2D eigenvalue weighted by Gasteiger charge is -2.32. The minimum atomic E-state index is -0.607. The summed E-state index contributed by atoms with van der Waals surface area (Å²) in [5, 5.41) is 1.02. The molecule has 3 nitrogen and oxygen atoms in total. The van der Waals surface area contributed by atoms with E-state index in [9.17, 15) is 0 Å². The molecule has 0 saturated carbocycles. The van der Waals surface area contributed by atoms with Crippen LogP contribution in [0.25, 0.3) is 0 Å². The Morgan fingerprint density at radius 1 is 0.962 bits per heavy atom. The van der Waals surface area contributed by atoms with Gasteiger partial charge in [0, 0.05) is 6.54 Å². The molecule has 0 aliphatic carbocycles. The zero-order chi connectivity index (χ0) is 18.8. The van der Waals surface area contributed by atoms with Gasteiger partial charge in [0.05, 0.1) is 5.54 Å². The molecule has 0 N–H and O–H groups in total. The lowest BCUT2D eigenvalue weighted by atomic mass is 9.82. The van der Waals surface area contributed by atoms with Crippen molar-refractivity contribution in [3.05, 3.63) is 71.8 Å². The highest BCUT2D eigenvalue weighted by atomic mass is 32.2. The number of likely N-dealkylation sites (N-methyl/N-ethyl adjacent to an activating group) is 1. The van der Waals surface area contributed by atoms with Gasteiger partial charge in [0.25, 0.3) is 0 Å². The molecular weight excluding hydrogens is 338 g/mol. The standard InChI is InChI=1S/C22H27N3S/c1-6-25-19(23-21(2,3)4)22(24-20(25)26-5,17-13-9-7-10-14-17)18-15-11-8-12-16-18/h7-16H,6H2,1-5H3. The van der Waals surface area contributed by atoms with Crippen molar-refractivity contribution in [2.24, 2.45) is 9.98 Å². The van der Waals surface area contributed by atoms with Crippen molar-refractivity contribution < 1.29 is 0 Å². The zero-order valence-corrected chi connectivity index (χ0v) is 17.0. The fourth-order valence-electron chi connectivity index (χ4n) is 3.35. The molecule has 0 unspecified atom stereocenters. The quantitative estimate of drug-likeness (QED) is 0.749. The van der Waals surface area contributed by atoms with Gasteiger partial charge in [-0.25, -0.2) is 4.99 Å². The van der Waals surface area contributed by atoms with Crippen LogP contribution in [0.3, 0.4) is 0 Å². The molecule has 136 valence electrons. The molecule has 0 spiro atoms. The van der Waals surface area contributed by atoms with Crippen molar-refractivity contribution in [1.82, 2.24) is 4.90 Å². The molecule has 1 aliphatic heterocycles. The Morgan fingerprint density at radius 2 is 1.46 bits per heavy atom. The van der Waals surface area contributed by atoms with Gasteiger partial charge in [-0.05, 0) is 45.1 Å². The molecule has 26 heavy (non-hydrogen) atoms. The van der Waals surface area contributed by atoms with E-state index in [4.69, 9.17) is 9.98 Å². The minimum absolute atomic E-state index is 0.194. The first kappa shape index (κ1) is 18.7. The summed E-state index contributed by atoms with van der Waals surface area (Å²) in [6, 6.07) is 21.1. The normalized spacial score (nSPS) is 18.3. The molecule has 2 aromatic carbocycles. The van der Waals surface area contributed by atoms with E-state index in [0.717, 1.165) is 28.7 Å². The van der Waals surface area contributed by atoms with E-state index < -0.39 is 5.54 Å². The zero-order valence-electron chi connectivity index (χ0n) is 16.2. The van der Waals surface area contributed by atoms with Crippen molar-refractivity contribution in [1.29, 1.82) is 0 Å². The van der Waals surface area contributed by atoms with Crippen LogP contribution in [0.4, 0.5) is 0 Å². The predicted molar refractivity (Wildman–Crippen MR) is 114 cm³/mol. The molecule has 0 saturated heterocycles. The van der Waals surface area contributed by atoms with Crippen molar-refractivity contribution in [3.63, 3.8) is 0 Å². The molecule has 0 aromatic heterocycles. The number of amidine groups is 2. The van der Waals surface area contributed by atoms with E-state index in [0.29, 0.717) is 0 Å². The maximum atomic E-state index is 5.27. The monoisotopic (exact) mass is 365 g/mol. The SMILES string of the molecule is CCN1C(SC)=NC(c2ccccc2)(c2ccccc2)C1=NC(C)(C)C. The van der Waals surface area contributed by atoms with E-state index in [1.165, 1.54) is 0 Å². The van der Waals surface area contributed by atoms with Crippen LogP contribution in [-0.4, -0.2) is 34.2 Å². The molecule has 0 radical (unpaired) electrons. The lowest BCUT2D eigenvalue weighted by Crippen LogP contribution is -2.43. The van der Waals surface area contributed by atoms with Gasteiger partial charge in [-0.2, -0.15) is 0 Å². The van der Waals surface area contributed by atoms with Gasteiger partial charge in [-0.1, -0.05) is 72.4 Å². The van der Waals surface area contributed by atoms with Gasteiger partial charge in [-0.15, -0.1) is 0 Å². The summed E-state index contributed by atoms with van der Waals surface area (Å²) >= 11 is 1.68. The maximum absolute atomic E-state index is 5.27. The third-order valence-electron chi connectivity index (χ3n) is 4.40. The van der Waals surface area contributed by atoms with E-state index in [1.807, 2.05) is 0 Å². The van der Waals surface area contributed by atoms with E-state index in [2.05, 4.69) is 99.5 Å². The number of thioether (sulfide) groups is 1. The van der Waals surface area contributed by atoms with E-state index >= 15 is 0 Å². The molecule has 3 rings (SSSR count). The van der Waals surface area contributed by atoms with E-state index in [1.54, 1.807) is 11.8 Å². The molecule has 0 amide bonds. The van der Waals surface area contributed by atoms with Crippen molar-refractivity contribution in [2.75, 3.05) is 12.8 Å². The Morgan fingerprint density at radius 3 is 1.85 bits per heavy atom. The largest absolute Gasteiger partial charge is 0.307 e. The Hall–Kier alpha value is -2.07. The van der Waals surface area contributed by atoms with E-state index in [-0.39, 0.29) is 5.54 Å². The van der Waals surface area contributed by atoms with Crippen molar-refractivity contribution in [2.45, 2.75) is 38.8 Å². The first-order chi connectivity index (χ1) is 12.4. The number of hydrogen-bond donors (Lipinski definition) is 0. The summed E-state index contributed by atoms with van der Waals surface area (Å²) in [5.74, 6) is 1.01. The van der Waals surface area contributed by atoms with Gasteiger partial charge < -0.3 is 4.90 Å². The third kappa shape index (κ3) is 3.30. The summed E-state index contributed by atoms with van der Waals surface area (Å²) in [7, 11) is 0. The van der Waals surface area contributed by atoms with Crippen molar-refractivity contribution >= 4 is 22.8 Å². The lowest BCUT2D eigenvalue weighted by molar-refractivity contribution is 0.541. The highest BCUT2D eigenvalue weighted by Crippen LogP contribution is 2.43. The molecule has 0 bridgehead atoms. The summed E-state index contributed by atoms with van der Waals surface area (Å²) < 4.78 is 0. The molecule has 0 fully saturated rings. The van der Waals surface area contributed by atoms with Crippen LogP contribution in [0.15, 0.2) is 70.6 Å². The van der Waals surface area contributed by atoms with Gasteiger partial charge in [0.1, 0.15) is 5.84 Å². The maximum Gasteiger partial charge on any atom is 0.171 e. The summed E-state index contributed by atoms with van der Waals surface area (Å²) in [6.45, 7) is 9.44. The van der Waals surface area contributed by atoms with Gasteiger partial charge in [0.15, 0.2) is 10.7 Å². The highest BCUT2D eigenvalue weighted by molar-refractivity contribution is 8.13. The van der Waals surface area contributed by atoms with Gasteiger partial charge in [0.2, 0.25) is 0 Å². The number of rotatable bonds is 3. The molecule has 0 atom stereocenters. The Bertz CT molecular complexity index is 765. The van der Waals surface area contributed by atoms with Crippen LogP contribution in [0, 0.1) is 0 Å². The topological polar surface area (TPSA) is 28.0 Å². The fourth-order valence-corrected chi connectivity index (χ4v) is 4.02. The molecule has 2 aromatic rings. The van der Waals surface area contributed by atoms with Crippen LogP contribution in [0.2, 0.25) is 0 Å². The van der Waals surface area contributed by atoms with Gasteiger partial charge in [-0.3, -0.25) is 4.99 Å². The molecular formula is C22H27N3S. The first-order valence-corrected chi connectivity index (χ1v) is 10.3. The van der Waals surface area contributed by atoms with Crippen molar-refractivity contribution in [3.8, 4) is 0 Å². The minimum Gasteiger partial charge on any atom is -0.307 e. The Balaban J connectivity index is 2.37. The van der Waals surface area contributed by atoms with Crippen LogP contribution in [0.1, 0.15) is 38.8 Å².